The molecule has 0 aromatic rings. The van der Waals surface area contributed by atoms with Gasteiger partial charge in [0.15, 0.2) is 0 Å². The molecule has 0 rings (SSSR count). The summed E-state index contributed by atoms with van der Waals surface area (Å²) in [4.78, 5) is 23.6. The molecular formula is C14H26O8S2. The molecule has 0 aliphatic rings. The quantitative estimate of drug-likeness (QED) is 0.212. The van der Waals surface area contributed by atoms with Crippen LogP contribution in [0.5, 0.6) is 0 Å². The summed E-state index contributed by atoms with van der Waals surface area (Å²) < 4.78 is 33.9. The molecule has 0 saturated heterocycles. The first-order valence-corrected chi connectivity index (χ1v) is 9.65. The molecule has 0 spiro atoms. The highest BCUT2D eigenvalue weighted by Gasteiger charge is 2.32. The summed E-state index contributed by atoms with van der Waals surface area (Å²) in [7, 11) is -4.22. The molecule has 24 heavy (non-hydrogen) atoms. The largest absolute Gasteiger partial charge is 0.300 e. The average Bonchev–Trinajstić information content (AvgIpc) is 2.46. The number of carbonyl (C=O) groups excluding carboxylic acids is 2. The van der Waals surface area contributed by atoms with Crippen LogP contribution in [0.2, 0.25) is 0 Å². The smallest absolute Gasteiger partial charge is 0.270 e. The van der Waals surface area contributed by atoms with E-state index in [-0.39, 0.29) is 43.7 Å². The van der Waals surface area contributed by atoms with Crippen LogP contribution in [0.1, 0.15) is 66.2 Å². The van der Waals surface area contributed by atoms with Crippen molar-refractivity contribution < 1.29 is 37.2 Å². The Morgan fingerprint density at radius 1 is 0.958 bits per heavy atom. The Hall–Kier alpha value is -0.520. The molecule has 0 fully saturated rings. The van der Waals surface area contributed by atoms with Crippen LogP contribution in [0.15, 0.2) is 0 Å². The fraction of sp³-hybridized carbons (Fsp3) is 0.857. The van der Waals surface area contributed by atoms with Crippen molar-refractivity contribution in [1.29, 1.82) is 0 Å². The van der Waals surface area contributed by atoms with Crippen molar-refractivity contribution in [3.05, 3.63) is 0 Å². The number of ketones is 2. The van der Waals surface area contributed by atoms with Gasteiger partial charge in [-0.1, -0.05) is 5.04 Å². The van der Waals surface area contributed by atoms with Crippen LogP contribution in [0.4, 0.5) is 0 Å². The Morgan fingerprint density at radius 2 is 1.42 bits per heavy atom. The third-order valence-electron chi connectivity index (χ3n) is 3.68. The molecule has 0 amide bonds. The molecule has 8 nitrogen and oxygen atoms in total. The van der Waals surface area contributed by atoms with E-state index >= 15 is 0 Å². The molecular weight excluding hydrogens is 360 g/mol. The van der Waals surface area contributed by atoms with Crippen molar-refractivity contribution in [3.8, 4) is 0 Å². The third kappa shape index (κ3) is 9.70. The lowest BCUT2D eigenvalue weighted by Gasteiger charge is -2.20. The lowest BCUT2D eigenvalue weighted by atomic mass is 9.99. The predicted octanol–water partition coefficient (Wildman–Crippen LogP) is 2.98. The second-order valence-corrected chi connectivity index (χ2v) is 10.3. The van der Waals surface area contributed by atoms with E-state index in [1.165, 1.54) is 13.8 Å². The number of carbonyl (C=O) groups is 2. The highest BCUT2D eigenvalue weighted by molar-refractivity contribution is 7.95. The Bertz CT molecular complexity index is 525. The molecule has 0 aromatic heterocycles. The van der Waals surface area contributed by atoms with Gasteiger partial charge in [0.2, 0.25) is 0 Å². The first-order chi connectivity index (χ1) is 10.8. The number of rotatable bonds is 13. The van der Waals surface area contributed by atoms with Crippen molar-refractivity contribution in [2.45, 2.75) is 75.7 Å². The van der Waals surface area contributed by atoms with Gasteiger partial charge >= 0.3 is 0 Å². The summed E-state index contributed by atoms with van der Waals surface area (Å²) in [5.74, 6) is -0.304. The highest BCUT2D eigenvalue weighted by Crippen LogP contribution is 2.30. The first kappa shape index (κ1) is 23.5. The van der Waals surface area contributed by atoms with E-state index < -0.39 is 19.6 Å². The monoisotopic (exact) mass is 386 g/mol. The van der Waals surface area contributed by atoms with Crippen LogP contribution in [0.3, 0.4) is 0 Å². The summed E-state index contributed by atoms with van der Waals surface area (Å²) >= 11 is 0.886. The zero-order chi connectivity index (χ0) is 19.0. The fourth-order valence-electron chi connectivity index (χ4n) is 1.69. The van der Waals surface area contributed by atoms with Gasteiger partial charge in [0.25, 0.3) is 10.1 Å². The Balaban J connectivity index is 4.13. The molecule has 0 aromatic carbocycles. The summed E-state index contributed by atoms with van der Waals surface area (Å²) in [5, 5.41) is 11.6. The van der Waals surface area contributed by atoms with E-state index in [1.54, 1.807) is 0 Å². The van der Waals surface area contributed by atoms with Crippen molar-refractivity contribution >= 4 is 33.7 Å². The van der Waals surface area contributed by atoms with Gasteiger partial charge in [0, 0.05) is 42.5 Å². The van der Waals surface area contributed by atoms with Gasteiger partial charge in [-0.15, -0.1) is 4.33 Å². The molecule has 0 aliphatic heterocycles. The van der Waals surface area contributed by atoms with Crippen LogP contribution in [0, 0.1) is 0 Å². The highest BCUT2D eigenvalue weighted by atomic mass is 32.2. The SMILES string of the molecule is CC(C)(CCC(=O)CCC(=O)CCC(C)(C)S(=O)(=O)O)SOOO. The maximum absolute atomic E-state index is 11.8. The van der Waals surface area contributed by atoms with Crippen molar-refractivity contribution in [2.75, 3.05) is 0 Å². The van der Waals surface area contributed by atoms with Crippen LogP contribution in [0.25, 0.3) is 0 Å². The van der Waals surface area contributed by atoms with E-state index in [4.69, 9.17) is 9.81 Å². The van der Waals surface area contributed by atoms with Crippen molar-refractivity contribution in [2.24, 2.45) is 0 Å². The van der Waals surface area contributed by atoms with Crippen molar-refractivity contribution in [3.63, 3.8) is 0 Å². The molecule has 10 heteroatoms. The Kier molecular flexibility index (Phi) is 9.62. The summed E-state index contributed by atoms with van der Waals surface area (Å²) in [6.45, 7) is 6.32. The van der Waals surface area contributed by atoms with E-state index in [1.807, 2.05) is 13.8 Å². The molecule has 2 N–H and O–H groups in total. The normalized spacial score (nSPS) is 13.1. The number of Topliss-reactive ketones (excluding diaryl/α,β-unsaturated/α-hetero) is 2. The van der Waals surface area contributed by atoms with Gasteiger partial charge in [-0.05, 0) is 40.5 Å². The summed E-state index contributed by atoms with van der Waals surface area (Å²) in [5.41, 5.74) is 0. The van der Waals surface area contributed by atoms with Crippen molar-refractivity contribution in [1.82, 2.24) is 0 Å². The summed E-state index contributed by atoms with van der Waals surface area (Å²) in [6.07, 6.45) is 0.847. The van der Waals surface area contributed by atoms with Gasteiger partial charge in [-0.3, -0.25) is 14.1 Å². The molecule has 0 radical (unpaired) electrons. The predicted molar refractivity (Wildman–Crippen MR) is 89.8 cm³/mol. The molecule has 0 aliphatic carbocycles. The minimum atomic E-state index is -4.22. The number of hydrogen-bond donors (Lipinski definition) is 2. The minimum absolute atomic E-state index is 0.00102. The Morgan fingerprint density at radius 3 is 1.83 bits per heavy atom. The van der Waals surface area contributed by atoms with Gasteiger partial charge in [0.05, 0.1) is 4.75 Å². The standard InChI is InChI=1S/C14H26O8S2/c1-13(2,23-22-21-17)9-7-11(15)5-6-12(16)8-10-14(3,4)24(18,19)20/h17H,5-10H2,1-4H3,(H,18,19,20). The van der Waals surface area contributed by atoms with E-state index in [9.17, 15) is 18.0 Å². The van der Waals surface area contributed by atoms with Crippen LogP contribution in [-0.4, -0.2) is 39.3 Å². The molecule has 0 bridgehead atoms. The zero-order valence-electron chi connectivity index (χ0n) is 14.4. The molecule has 0 saturated carbocycles. The van der Waals surface area contributed by atoms with E-state index in [0.717, 1.165) is 12.0 Å². The first-order valence-electron chi connectivity index (χ1n) is 7.47. The van der Waals surface area contributed by atoms with E-state index in [2.05, 4.69) is 9.37 Å². The van der Waals surface area contributed by atoms with Gasteiger partial charge in [-0.25, -0.2) is 5.26 Å². The second kappa shape index (κ2) is 9.83. The minimum Gasteiger partial charge on any atom is -0.300 e. The van der Waals surface area contributed by atoms with Gasteiger partial charge in [0.1, 0.15) is 11.6 Å². The average molecular weight is 386 g/mol. The van der Waals surface area contributed by atoms with E-state index in [0.29, 0.717) is 6.42 Å². The molecule has 0 heterocycles. The third-order valence-corrected chi connectivity index (χ3v) is 6.07. The fourth-order valence-corrected chi connectivity index (χ4v) is 2.45. The van der Waals surface area contributed by atoms with Gasteiger partial charge in [-0.2, -0.15) is 8.42 Å². The topological polar surface area (TPSA) is 127 Å². The van der Waals surface area contributed by atoms with Gasteiger partial charge < -0.3 is 0 Å². The molecule has 0 atom stereocenters. The van der Waals surface area contributed by atoms with Crippen LogP contribution >= 0.6 is 12.0 Å². The second-order valence-electron chi connectivity index (χ2n) is 6.80. The Labute approximate surface area is 147 Å². The molecule has 142 valence electrons. The lowest BCUT2D eigenvalue weighted by Crippen LogP contribution is -2.31. The van der Waals surface area contributed by atoms with Crippen LogP contribution < -0.4 is 0 Å². The van der Waals surface area contributed by atoms with Crippen LogP contribution in [-0.2, 0) is 29.1 Å². The summed E-state index contributed by atoms with van der Waals surface area (Å²) in [6, 6.07) is 0. The number of hydrogen-bond acceptors (Lipinski definition) is 8. The lowest BCUT2D eigenvalue weighted by molar-refractivity contribution is -0.432. The molecule has 0 unspecified atom stereocenters. The zero-order valence-corrected chi connectivity index (χ0v) is 16.0. The maximum Gasteiger partial charge on any atom is 0.270 e. The maximum atomic E-state index is 11.8.